The molecule has 2 aromatic heterocycles. The number of carbonyl (C=O) groups excluding carboxylic acids is 1. The van der Waals surface area contributed by atoms with Crippen molar-refractivity contribution in [1.82, 2.24) is 14.9 Å². The number of methoxy groups -OCH3 is 1. The van der Waals surface area contributed by atoms with Gasteiger partial charge in [0.25, 0.3) is 0 Å². The highest BCUT2D eigenvalue weighted by Crippen LogP contribution is 2.42. The fourth-order valence-electron chi connectivity index (χ4n) is 4.02. The molecule has 6 heteroatoms. The van der Waals surface area contributed by atoms with Crippen LogP contribution in [0, 0.1) is 5.41 Å². The van der Waals surface area contributed by atoms with Gasteiger partial charge in [0.2, 0.25) is 11.8 Å². The van der Waals surface area contributed by atoms with Gasteiger partial charge in [-0.3, -0.25) is 14.7 Å². The predicted octanol–water partition coefficient (Wildman–Crippen LogP) is 2.11. The van der Waals surface area contributed by atoms with Crippen LogP contribution >= 0.6 is 0 Å². The third-order valence-corrected chi connectivity index (χ3v) is 5.34. The number of likely N-dealkylation sites (tertiary alicyclic amines) is 1. The third-order valence-electron chi connectivity index (χ3n) is 5.34. The molecule has 1 unspecified atom stereocenters. The molecule has 1 spiro atoms. The van der Waals surface area contributed by atoms with Crippen molar-refractivity contribution in [2.24, 2.45) is 5.41 Å². The summed E-state index contributed by atoms with van der Waals surface area (Å²) in [5, 5.41) is 0. The van der Waals surface area contributed by atoms with Crippen LogP contribution in [0.5, 0.6) is 5.88 Å². The number of rotatable bonds is 4. The molecule has 0 radical (unpaired) electrons. The smallest absolute Gasteiger partial charge is 0.234 e. The lowest BCUT2D eigenvalue weighted by Crippen LogP contribution is -2.37. The number of carbonyl (C=O) groups is 1. The van der Waals surface area contributed by atoms with Gasteiger partial charge in [0.15, 0.2) is 0 Å². The predicted molar refractivity (Wildman–Crippen MR) is 94.3 cm³/mol. The van der Waals surface area contributed by atoms with Gasteiger partial charge in [-0.05, 0) is 37.6 Å². The van der Waals surface area contributed by atoms with Crippen LogP contribution in [-0.4, -0.2) is 47.5 Å². The molecule has 0 bridgehead atoms. The average molecular weight is 338 g/mol. The Morgan fingerprint density at radius 3 is 2.84 bits per heavy atom. The second-order valence-electron chi connectivity index (χ2n) is 6.83. The van der Waals surface area contributed by atoms with Crippen molar-refractivity contribution in [1.29, 1.82) is 0 Å². The van der Waals surface area contributed by atoms with Crippen LogP contribution < -0.4 is 9.64 Å². The van der Waals surface area contributed by atoms with E-state index in [1.54, 1.807) is 25.7 Å². The molecular formula is C19H22N4O2. The number of hydrogen-bond donors (Lipinski definition) is 0. The quantitative estimate of drug-likeness (QED) is 0.855. The second-order valence-corrected chi connectivity index (χ2v) is 6.83. The number of anilines is 1. The summed E-state index contributed by atoms with van der Waals surface area (Å²) in [4.78, 5) is 25.7. The normalized spacial score (nSPS) is 23.6. The van der Waals surface area contributed by atoms with Gasteiger partial charge in [-0.1, -0.05) is 6.07 Å². The van der Waals surface area contributed by atoms with Crippen molar-refractivity contribution in [2.45, 2.75) is 19.4 Å². The van der Waals surface area contributed by atoms with E-state index in [1.165, 1.54) is 0 Å². The maximum atomic E-state index is 13.1. The van der Waals surface area contributed by atoms with Crippen LogP contribution in [0.2, 0.25) is 0 Å². The Morgan fingerprint density at radius 2 is 2.04 bits per heavy atom. The highest BCUT2D eigenvalue weighted by Gasteiger charge is 2.51. The van der Waals surface area contributed by atoms with E-state index >= 15 is 0 Å². The molecule has 1 atom stereocenters. The van der Waals surface area contributed by atoms with Gasteiger partial charge in [-0.2, -0.15) is 0 Å². The highest BCUT2D eigenvalue weighted by atomic mass is 16.5. The standard InChI is InChI=1S/C19H22N4O2/c1-25-17-15(4-2-9-21-17)13-22-10-6-19(14-22)7-11-23(18(19)24)16-5-3-8-20-12-16/h2-5,8-9,12H,6-7,10-11,13-14H2,1H3. The van der Waals surface area contributed by atoms with Gasteiger partial charge in [-0.25, -0.2) is 4.98 Å². The van der Waals surface area contributed by atoms with E-state index in [4.69, 9.17) is 4.74 Å². The summed E-state index contributed by atoms with van der Waals surface area (Å²) in [6.45, 7) is 3.25. The summed E-state index contributed by atoms with van der Waals surface area (Å²) in [6, 6.07) is 7.80. The van der Waals surface area contributed by atoms with Crippen LogP contribution in [0.1, 0.15) is 18.4 Å². The SMILES string of the molecule is COc1ncccc1CN1CCC2(CCN(c3cccnc3)C2=O)C1. The third kappa shape index (κ3) is 2.87. The van der Waals surface area contributed by atoms with Crippen molar-refractivity contribution in [3.63, 3.8) is 0 Å². The average Bonchev–Trinajstić information content (AvgIpc) is 3.21. The number of ether oxygens (including phenoxy) is 1. The molecule has 6 nitrogen and oxygen atoms in total. The number of aromatic nitrogens is 2. The topological polar surface area (TPSA) is 58.6 Å². The number of amides is 1. The van der Waals surface area contributed by atoms with Gasteiger partial charge in [-0.15, -0.1) is 0 Å². The summed E-state index contributed by atoms with van der Waals surface area (Å²) in [5.74, 6) is 0.902. The molecule has 2 aliphatic rings. The van der Waals surface area contributed by atoms with Crippen LogP contribution in [0.15, 0.2) is 42.9 Å². The molecule has 4 rings (SSSR count). The highest BCUT2D eigenvalue weighted by molar-refractivity contribution is 6.00. The lowest BCUT2D eigenvalue weighted by Gasteiger charge is -2.24. The second kappa shape index (κ2) is 6.44. The van der Waals surface area contributed by atoms with Gasteiger partial charge in [0.1, 0.15) is 0 Å². The Kier molecular flexibility index (Phi) is 4.13. The van der Waals surface area contributed by atoms with Crippen molar-refractivity contribution >= 4 is 11.6 Å². The lowest BCUT2D eigenvalue weighted by atomic mass is 9.85. The summed E-state index contributed by atoms with van der Waals surface area (Å²) in [6.07, 6.45) is 7.05. The first-order valence-electron chi connectivity index (χ1n) is 8.64. The van der Waals surface area contributed by atoms with E-state index in [9.17, 15) is 4.79 Å². The molecule has 130 valence electrons. The van der Waals surface area contributed by atoms with Crippen LogP contribution in [-0.2, 0) is 11.3 Å². The van der Waals surface area contributed by atoms with Crippen LogP contribution in [0.4, 0.5) is 5.69 Å². The van der Waals surface area contributed by atoms with Gasteiger partial charge in [0.05, 0.1) is 24.4 Å². The van der Waals surface area contributed by atoms with E-state index in [1.807, 2.05) is 29.2 Å². The Labute approximate surface area is 147 Å². The van der Waals surface area contributed by atoms with Gasteiger partial charge < -0.3 is 9.64 Å². The molecule has 1 amide bonds. The Balaban J connectivity index is 1.48. The van der Waals surface area contributed by atoms with Crippen molar-refractivity contribution in [3.8, 4) is 5.88 Å². The molecule has 0 aromatic carbocycles. The van der Waals surface area contributed by atoms with Gasteiger partial charge >= 0.3 is 0 Å². The number of hydrogen-bond acceptors (Lipinski definition) is 5. The van der Waals surface area contributed by atoms with Crippen molar-refractivity contribution in [3.05, 3.63) is 48.4 Å². The Morgan fingerprint density at radius 1 is 1.20 bits per heavy atom. The summed E-state index contributed by atoms with van der Waals surface area (Å²) in [5.41, 5.74) is 1.71. The van der Waals surface area contributed by atoms with Gasteiger partial charge in [0, 0.05) is 37.6 Å². The minimum atomic E-state index is -0.259. The number of pyridine rings is 2. The van der Waals surface area contributed by atoms with Crippen molar-refractivity contribution < 1.29 is 9.53 Å². The molecular weight excluding hydrogens is 316 g/mol. The zero-order valence-corrected chi connectivity index (χ0v) is 14.4. The molecule has 2 aromatic rings. The van der Waals surface area contributed by atoms with E-state index in [-0.39, 0.29) is 11.3 Å². The fraction of sp³-hybridized carbons (Fsp3) is 0.421. The summed E-state index contributed by atoms with van der Waals surface area (Å²) >= 11 is 0. The van der Waals surface area contributed by atoms with Crippen molar-refractivity contribution in [2.75, 3.05) is 31.6 Å². The maximum Gasteiger partial charge on any atom is 0.234 e. The van der Waals surface area contributed by atoms with E-state index < -0.39 is 0 Å². The Hall–Kier alpha value is -2.47. The Bertz CT molecular complexity index is 767. The minimum absolute atomic E-state index is 0.237. The first kappa shape index (κ1) is 16.0. The van der Waals surface area contributed by atoms with E-state index in [2.05, 4.69) is 14.9 Å². The lowest BCUT2D eigenvalue weighted by molar-refractivity contribution is -0.125. The number of nitrogens with zero attached hydrogens (tertiary/aromatic N) is 4. The maximum absolute atomic E-state index is 13.1. The summed E-state index contributed by atoms with van der Waals surface area (Å²) < 4.78 is 5.35. The molecule has 25 heavy (non-hydrogen) atoms. The molecule has 0 N–H and O–H groups in total. The monoisotopic (exact) mass is 338 g/mol. The van der Waals surface area contributed by atoms with Crippen LogP contribution in [0.25, 0.3) is 0 Å². The van der Waals surface area contributed by atoms with Crippen LogP contribution in [0.3, 0.4) is 0 Å². The van der Waals surface area contributed by atoms with E-state index in [0.717, 1.165) is 50.3 Å². The molecule has 0 saturated carbocycles. The molecule has 2 saturated heterocycles. The first-order valence-corrected chi connectivity index (χ1v) is 8.64. The zero-order chi connectivity index (χ0) is 17.3. The molecule has 0 aliphatic carbocycles. The first-order chi connectivity index (χ1) is 12.2. The van der Waals surface area contributed by atoms with E-state index in [0.29, 0.717) is 5.88 Å². The zero-order valence-electron chi connectivity index (χ0n) is 14.4. The molecule has 2 aliphatic heterocycles. The molecule has 4 heterocycles. The fourth-order valence-corrected chi connectivity index (χ4v) is 4.02. The minimum Gasteiger partial charge on any atom is -0.481 e. The molecule has 2 fully saturated rings. The summed E-state index contributed by atoms with van der Waals surface area (Å²) in [7, 11) is 1.64. The largest absolute Gasteiger partial charge is 0.481 e.